The largest absolute Gasteiger partial charge is 0.352 e. The van der Waals surface area contributed by atoms with Crippen molar-refractivity contribution in [2.24, 2.45) is 5.73 Å². The molecule has 1 fully saturated rings. The predicted molar refractivity (Wildman–Crippen MR) is 61.7 cm³/mol. The van der Waals surface area contributed by atoms with E-state index in [0.717, 1.165) is 0 Å². The molecule has 92 valence electrons. The molecule has 5 nitrogen and oxygen atoms in total. The van der Waals surface area contributed by atoms with Crippen LogP contribution in [0.1, 0.15) is 33.6 Å². The fourth-order valence-electron chi connectivity index (χ4n) is 1.82. The van der Waals surface area contributed by atoms with Crippen LogP contribution in [0.15, 0.2) is 0 Å². The van der Waals surface area contributed by atoms with Crippen molar-refractivity contribution in [3.05, 3.63) is 0 Å². The number of piperazine rings is 1. The van der Waals surface area contributed by atoms with Gasteiger partial charge in [0.05, 0.1) is 0 Å². The lowest BCUT2D eigenvalue weighted by Gasteiger charge is -2.41. The number of carbonyl (C=O) groups is 2. The van der Waals surface area contributed by atoms with Crippen LogP contribution >= 0.6 is 0 Å². The summed E-state index contributed by atoms with van der Waals surface area (Å²) in [6.07, 6.45) is 1.07. The van der Waals surface area contributed by atoms with Crippen molar-refractivity contribution in [1.82, 2.24) is 10.2 Å². The molecule has 0 aliphatic carbocycles. The summed E-state index contributed by atoms with van der Waals surface area (Å²) < 4.78 is 0. The number of rotatable bonds is 3. The minimum Gasteiger partial charge on any atom is -0.352 e. The van der Waals surface area contributed by atoms with Crippen LogP contribution in [0.3, 0.4) is 0 Å². The van der Waals surface area contributed by atoms with Crippen molar-refractivity contribution in [3.63, 3.8) is 0 Å². The maximum Gasteiger partial charge on any atom is 0.245 e. The molecule has 0 aromatic carbocycles. The topological polar surface area (TPSA) is 75.4 Å². The summed E-state index contributed by atoms with van der Waals surface area (Å²) in [7, 11) is 0. The van der Waals surface area contributed by atoms with E-state index in [1.807, 2.05) is 6.92 Å². The lowest BCUT2D eigenvalue weighted by Crippen LogP contribution is -2.63. The first-order valence-electron chi connectivity index (χ1n) is 5.70. The molecule has 16 heavy (non-hydrogen) atoms. The first kappa shape index (κ1) is 13.0. The Morgan fingerprint density at radius 1 is 1.62 bits per heavy atom. The maximum atomic E-state index is 12.0. The van der Waals surface area contributed by atoms with E-state index in [9.17, 15) is 9.59 Å². The molecular weight excluding hydrogens is 206 g/mol. The van der Waals surface area contributed by atoms with Crippen molar-refractivity contribution in [1.29, 1.82) is 0 Å². The van der Waals surface area contributed by atoms with Gasteiger partial charge in [0.1, 0.15) is 5.54 Å². The molecule has 0 aromatic heterocycles. The van der Waals surface area contributed by atoms with Gasteiger partial charge in [-0.1, -0.05) is 0 Å². The van der Waals surface area contributed by atoms with Gasteiger partial charge in [-0.25, -0.2) is 0 Å². The second-order valence-electron chi connectivity index (χ2n) is 4.88. The zero-order chi connectivity index (χ0) is 12.3. The van der Waals surface area contributed by atoms with E-state index in [1.165, 1.54) is 0 Å². The number of nitrogens with zero attached hydrogens (tertiary/aromatic N) is 1. The molecular formula is C11H21N3O2. The van der Waals surface area contributed by atoms with Crippen LogP contribution in [0, 0.1) is 0 Å². The van der Waals surface area contributed by atoms with E-state index >= 15 is 0 Å². The third-order valence-electron chi connectivity index (χ3n) is 2.97. The Bertz CT molecular complexity index is 287. The van der Waals surface area contributed by atoms with Gasteiger partial charge in [-0.3, -0.25) is 9.59 Å². The minimum absolute atomic E-state index is 0.0113. The zero-order valence-electron chi connectivity index (χ0n) is 10.2. The molecule has 2 amide bonds. The summed E-state index contributed by atoms with van der Waals surface area (Å²) in [5.41, 5.74) is 4.87. The SMILES string of the molecule is CC(N)CCC(=O)N1CCNC(=O)C1(C)C. The molecule has 0 aromatic rings. The monoisotopic (exact) mass is 227 g/mol. The Kier molecular flexibility index (Phi) is 3.91. The fourth-order valence-corrected chi connectivity index (χ4v) is 1.82. The third-order valence-corrected chi connectivity index (χ3v) is 2.97. The summed E-state index contributed by atoms with van der Waals surface area (Å²) in [5, 5.41) is 2.76. The van der Waals surface area contributed by atoms with Gasteiger partial charge >= 0.3 is 0 Å². The number of amides is 2. The molecule has 1 heterocycles. The van der Waals surface area contributed by atoms with E-state index in [0.29, 0.717) is 25.9 Å². The van der Waals surface area contributed by atoms with Crippen LogP contribution in [0.2, 0.25) is 0 Å². The fraction of sp³-hybridized carbons (Fsp3) is 0.818. The van der Waals surface area contributed by atoms with Gasteiger partial charge in [-0.05, 0) is 27.2 Å². The highest BCUT2D eigenvalue weighted by Gasteiger charge is 2.39. The molecule has 1 saturated heterocycles. The number of hydrogen-bond donors (Lipinski definition) is 2. The Labute approximate surface area is 96.4 Å². The molecule has 1 unspecified atom stereocenters. The number of nitrogens with one attached hydrogen (secondary N) is 1. The lowest BCUT2D eigenvalue weighted by atomic mass is 9.98. The van der Waals surface area contributed by atoms with Gasteiger partial charge in [0.15, 0.2) is 0 Å². The summed E-state index contributed by atoms with van der Waals surface area (Å²) >= 11 is 0. The second-order valence-corrected chi connectivity index (χ2v) is 4.88. The van der Waals surface area contributed by atoms with Crippen LogP contribution < -0.4 is 11.1 Å². The normalized spacial score (nSPS) is 21.5. The maximum absolute atomic E-state index is 12.0. The zero-order valence-corrected chi connectivity index (χ0v) is 10.2. The number of nitrogens with two attached hydrogens (primary N) is 1. The lowest BCUT2D eigenvalue weighted by molar-refractivity contribution is -0.149. The predicted octanol–water partition coefficient (Wildman–Crippen LogP) is -0.149. The van der Waals surface area contributed by atoms with Crippen LogP contribution in [-0.4, -0.2) is 41.4 Å². The van der Waals surface area contributed by atoms with Gasteiger partial charge < -0.3 is 16.0 Å². The molecule has 1 atom stereocenters. The number of hydrogen-bond acceptors (Lipinski definition) is 3. The van der Waals surface area contributed by atoms with Crippen molar-refractivity contribution in [2.45, 2.75) is 45.2 Å². The van der Waals surface area contributed by atoms with Crippen molar-refractivity contribution >= 4 is 11.8 Å². The third kappa shape index (κ3) is 2.72. The van der Waals surface area contributed by atoms with Gasteiger partial charge in [-0.2, -0.15) is 0 Å². The highest BCUT2D eigenvalue weighted by molar-refractivity contribution is 5.91. The molecule has 1 rings (SSSR count). The van der Waals surface area contributed by atoms with E-state index in [4.69, 9.17) is 5.73 Å². The summed E-state index contributed by atoms with van der Waals surface area (Å²) in [6.45, 7) is 6.53. The molecule has 0 saturated carbocycles. The molecule has 5 heteroatoms. The number of carbonyl (C=O) groups excluding carboxylic acids is 2. The average Bonchev–Trinajstić information content (AvgIpc) is 2.18. The van der Waals surface area contributed by atoms with Gasteiger partial charge in [-0.15, -0.1) is 0 Å². The van der Waals surface area contributed by atoms with Crippen molar-refractivity contribution in [2.75, 3.05) is 13.1 Å². The minimum atomic E-state index is -0.743. The smallest absolute Gasteiger partial charge is 0.245 e. The second kappa shape index (κ2) is 4.82. The van der Waals surface area contributed by atoms with Crippen molar-refractivity contribution < 1.29 is 9.59 Å². The van der Waals surface area contributed by atoms with Crippen LogP contribution in [0.5, 0.6) is 0 Å². The van der Waals surface area contributed by atoms with E-state index in [1.54, 1.807) is 18.7 Å². The Hall–Kier alpha value is -1.10. The van der Waals surface area contributed by atoms with Crippen LogP contribution in [-0.2, 0) is 9.59 Å². The van der Waals surface area contributed by atoms with Crippen LogP contribution in [0.4, 0.5) is 0 Å². The standard InChI is InChI=1S/C11H21N3O2/c1-8(12)4-5-9(15)14-7-6-13-10(16)11(14,2)3/h8H,4-7,12H2,1-3H3,(H,13,16). The highest BCUT2D eigenvalue weighted by atomic mass is 16.2. The molecule has 1 aliphatic heterocycles. The summed E-state index contributed by atoms with van der Waals surface area (Å²) in [5.74, 6) is -0.0787. The van der Waals surface area contributed by atoms with Gasteiger partial charge in [0.2, 0.25) is 11.8 Å². The Morgan fingerprint density at radius 3 is 2.81 bits per heavy atom. The Balaban J connectivity index is 2.63. The Morgan fingerprint density at radius 2 is 2.25 bits per heavy atom. The molecule has 1 aliphatic rings. The van der Waals surface area contributed by atoms with Gasteiger partial charge in [0.25, 0.3) is 0 Å². The van der Waals surface area contributed by atoms with Crippen LogP contribution in [0.25, 0.3) is 0 Å². The van der Waals surface area contributed by atoms with E-state index in [-0.39, 0.29) is 17.9 Å². The quantitative estimate of drug-likeness (QED) is 0.704. The summed E-state index contributed by atoms with van der Waals surface area (Å²) in [4.78, 5) is 25.2. The molecule has 0 radical (unpaired) electrons. The van der Waals surface area contributed by atoms with E-state index < -0.39 is 5.54 Å². The molecule has 0 bridgehead atoms. The first-order chi connectivity index (χ1) is 7.35. The van der Waals surface area contributed by atoms with Gasteiger partial charge in [0, 0.05) is 25.6 Å². The molecule has 0 spiro atoms. The highest BCUT2D eigenvalue weighted by Crippen LogP contribution is 2.19. The average molecular weight is 227 g/mol. The summed E-state index contributed by atoms with van der Waals surface area (Å²) in [6, 6.07) is 0.0191. The molecule has 3 N–H and O–H groups in total. The first-order valence-corrected chi connectivity index (χ1v) is 5.70. The van der Waals surface area contributed by atoms with Crippen molar-refractivity contribution in [3.8, 4) is 0 Å². The van der Waals surface area contributed by atoms with E-state index in [2.05, 4.69) is 5.32 Å².